The standard InChI is InChI=1S/C24H29N3O4S/c1-18-5-2-6-19(15-18)16-25-10-12-26(13-11-25)22(28)17-31-24(30)20-7-3-9-27(20)23(29)21-8-4-14-32-21/h2,4-6,8,14-15,20H,3,7,9-13,16-17H2,1H3. The predicted octanol–water partition coefficient (Wildman–Crippen LogP) is 2.55. The van der Waals surface area contributed by atoms with Gasteiger partial charge in [-0.25, -0.2) is 4.79 Å². The van der Waals surface area contributed by atoms with Crippen molar-refractivity contribution in [2.24, 2.45) is 0 Å². The summed E-state index contributed by atoms with van der Waals surface area (Å²) in [5.41, 5.74) is 2.52. The van der Waals surface area contributed by atoms with Gasteiger partial charge in [0.1, 0.15) is 6.04 Å². The molecule has 0 N–H and O–H groups in total. The molecule has 1 atom stereocenters. The van der Waals surface area contributed by atoms with Crippen LogP contribution in [-0.2, 0) is 20.9 Å². The second-order valence-electron chi connectivity index (χ2n) is 8.39. The van der Waals surface area contributed by atoms with Gasteiger partial charge < -0.3 is 14.5 Å². The van der Waals surface area contributed by atoms with Gasteiger partial charge in [-0.05, 0) is 36.8 Å². The Hall–Kier alpha value is -2.71. The highest BCUT2D eigenvalue weighted by atomic mass is 32.1. The molecule has 2 saturated heterocycles. The fraction of sp³-hybridized carbons (Fsp3) is 0.458. The molecule has 170 valence electrons. The number of hydrogen-bond acceptors (Lipinski definition) is 6. The molecule has 0 radical (unpaired) electrons. The van der Waals surface area contributed by atoms with Crippen molar-refractivity contribution in [2.45, 2.75) is 32.4 Å². The molecular weight excluding hydrogens is 426 g/mol. The first kappa shape index (κ1) is 22.5. The Morgan fingerprint density at radius 2 is 1.88 bits per heavy atom. The normalized spacial score (nSPS) is 19.2. The summed E-state index contributed by atoms with van der Waals surface area (Å²) in [6, 6.07) is 11.4. The van der Waals surface area contributed by atoms with Crippen molar-refractivity contribution in [1.29, 1.82) is 0 Å². The number of likely N-dealkylation sites (tertiary alicyclic amines) is 1. The topological polar surface area (TPSA) is 70.2 Å². The molecule has 1 unspecified atom stereocenters. The number of amides is 2. The smallest absolute Gasteiger partial charge is 0.329 e. The van der Waals surface area contributed by atoms with E-state index in [0.29, 0.717) is 30.9 Å². The van der Waals surface area contributed by atoms with Crippen molar-refractivity contribution in [3.05, 3.63) is 57.8 Å². The second kappa shape index (κ2) is 10.3. The van der Waals surface area contributed by atoms with Gasteiger partial charge in [0.2, 0.25) is 0 Å². The third-order valence-corrected chi connectivity index (χ3v) is 6.93. The number of carbonyl (C=O) groups excluding carboxylic acids is 3. The van der Waals surface area contributed by atoms with Crippen molar-refractivity contribution < 1.29 is 19.1 Å². The van der Waals surface area contributed by atoms with Gasteiger partial charge in [0.15, 0.2) is 6.61 Å². The van der Waals surface area contributed by atoms with Gasteiger partial charge in [-0.15, -0.1) is 11.3 Å². The summed E-state index contributed by atoms with van der Waals surface area (Å²) in [5, 5.41) is 1.84. The molecule has 0 aliphatic carbocycles. The predicted molar refractivity (Wildman–Crippen MR) is 122 cm³/mol. The van der Waals surface area contributed by atoms with Crippen LogP contribution in [0.4, 0.5) is 0 Å². The van der Waals surface area contributed by atoms with Crippen LogP contribution in [0, 0.1) is 6.92 Å². The molecule has 2 fully saturated rings. The Labute approximate surface area is 192 Å². The Morgan fingerprint density at radius 3 is 2.59 bits per heavy atom. The highest BCUT2D eigenvalue weighted by Crippen LogP contribution is 2.23. The lowest BCUT2D eigenvalue weighted by Gasteiger charge is -2.34. The van der Waals surface area contributed by atoms with Crippen LogP contribution >= 0.6 is 11.3 Å². The maximum Gasteiger partial charge on any atom is 0.329 e. The zero-order valence-electron chi connectivity index (χ0n) is 18.4. The molecule has 3 heterocycles. The number of thiophene rings is 1. The number of piperazine rings is 1. The van der Waals surface area contributed by atoms with Gasteiger partial charge in [0.25, 0.3) is 11.8 Å². The van der Waals surface area contributed by atoms with Crippen LogP contribution in [0.3, 0.4) is 0 Å². The Bertz CT molecular complexity index is 954. The quantitative estimate of drug-likeness (QED) is 0.626. The molecule has 2 amide bonds. The first-order chi connectivity index (χ1) is 15.5. The third-order valence-electron chi connectivity index (χ3n) is 6.07. The van der Waals surface area contributed by atoms with Gasteiger partial charge >= 0.3 is 5.97 Å². The minimum absolute atomic E-state index is 0.143. The summed E-state index contributed by atoms with van der Waals surface area (Å²) < 4.78 is 5.34. The van der Waals surface area contributed by atoms with E-state index >= 15 is 0 Å². The third kappa shape index (κ3) is 5.37. The van der Waals surface area contributed by atoms with Crippen molar-refractivity contribution in [3.8, 4) is 0 Å². The van der Waals surface area contributed by atoms with E-state index in [0.717, 1.165) is 26.1 Å². The van der Waals surface area contributed by atoms with Crippen LogP contribution in [0.25, 0.3) is 0 Å². The molecule has 0 spiro atoms. The molecule has 4 rings (SSSR count). The SMILES string of the molecule is Cc1cccc(CN2CCN(C(=O)COC(=O)C3CCCN3C(=O)c3cccs3)CC2)c1. The fourth-order valence-corrected chi connectivity index (χ4v) is 5.02. The molecule has 2 aliphatic rings. The molecule has 8 heteroatoms. The number of esters is 1. The zero-order valence-corrected chi connectivity index (χ0v) is 19.2. The Kier molecular flexibility index (Phi) is 7.22. The van der Waals surface area contributed by atoms with Crippen molar-refractivity contribution in [3.63, 3.8) is 0 Å². The van der Waals surface area contributed by atoms with Crippen LogP contribution in [0.2, 0.25) is 0 Å². The molecule has 0 saturated carbocycles. The van der Waals surface area contributed by atoms with E-state index in [4.69, 9.17) is 4.74 Å². The molecule has 2 aromatic rings. The van der Waals surface area contributed by atoms with Crippen molar-refractivity contribution in [1.82, 2.24) is 14.7 Å². The molecule has 1 aromatic heterocycles. The number of ether oxygens (including phenoxy) is 1. The van der Waals surface area contributed by atoms with Crippen molar-refractivity contribution >= 4 is 29.1 Å². The first-order valence-electron chi connectivity index (χ1n) is 11.1. The number of nitrogens with zero attached hydrogens (tertiary/aromatic N) is 3. The van der Waals surface area contributed by atoms with E-state index in [-0.39, 0.29) is 18.4 Å². The van der Waals surface area contributed by atoms with Gasteiger partial charge in [-0.2, -0.15) is 0 Å². The summed E-state index contributed by atoms with van der Waals surface area (Å²) in [5.74, 6) is -0.808. The van der Waals surface area contributed by atoms with E-state index in [2.05, 4.69) is 36.1 Å². The fourth-order valence-electron chi connectivity index (χ4n) is 4.34. The molecular formula is C24H29N3O4S. The molecule has 32 heavy (non-hydrogen) atoms. The van der Waals surface area contributed by atoms with Crippen LogP contribution in [0.15, 0.2) is 41.8 Å². The van der Waals surface area contributed by atoms with Crippen LogP contribution < -0.4 is 0 Å². The second-order valence-corrected chi connectivity index (χ2v) is 9.34. The van der Waals surface area contributed by atoms with E-state index in [1.165, 1.54) is 22.5 Å². The summed E-state index contributed by atoms with van der Waals surface area (Å²) in [6.07, 6.45) is 1.33. The maximum atomic E-state index is 12.6. The Morgan fingerprint density at radius 1 is 1.06 bits per heavy atom. The van der Waals surface area contributed by atoms with E-state index in [1.807, 2.05) is 11.4 Å². The lowest BCUT2D eigenvalue weighted by molar-refractivity contribution is -0.155. The van der Waals surface area contributed by atoms with Crippen LogP contribution in [0.5, 0.6) is 0 Å². The van der Waals surface area contributed by atoms with Gasteiger partial charge in [0.05, 0.1) is 4.88 Å². The molecule has 7 nitrogen and oxygen atoms in total. The van der Waals surface area contributed by atoms with Crippen LogP contribution in [-0.4, -0.2) is 77.9 Å². The number of hydrogen-bond donors (Lipinski definition) is 0. The number of aryl methyl sites for hydroxylation is 1. The van der Waals surface area contributed by atoms with Gasteiger partial charge in [-0.3, -0.25) is 14.5 Å². The average molecular weight is 456 g/mol. The summed E-state index contributed by atoms with van der Waals surface area (Å²) in [7, 11) is 0. The van der Waals surface area contributed by atoms with E-state index < -0.39 is 12.0 Å². The lowest BCUT2D eigenvalue weighted by Crippen LogP contribution is -2.49. The van der Waals surface area contributed by atoms with Crippen LogP contribution in [0.1, 0.15) is 33.6 Å². The van der Waals surface area contributed by atoms with E-state index in [9.17, 15) is 14.4 Å². The number of carbonyl (C=O) groups is 3. The minimum Gasteiger partial charge on any atom is -0.454 e. The average Bonchev–Trinajstić information content (AvgIpc) is 3.50. The lowest BCUT2D eigenvalue weighted by atomic mass is 10.1. The van der Waals surface area contributed by atoms with Gasteiger partial charge in [-0.1, -0.05) is 35.9 Å². The molecule has 2 aliphatic heterocycles. The zero-order chi connectivity index (χ0) is 22.5. The minimum atomic E-state index is -0.608. The monoisotopic (exact) mass is 455 g/mol. The Balaban J connectivity index is 1.22. The first-order valence-corrected chi connectivity index (χ1v) is 12.0. The van der Waals surface area contributed by atoms with Crippen molar-refractivity contribution in [2.75, 3.05) is 39.3 Å². The summed E-state index contributed by atoms with van der Waals surface area (Å²) in [4.78, 5) is 44.1. The van der Waals surface area contributed by atoms with Gasteiger partial charge in [0, 0.05) is 39.3 Å². The summed E-state index contributed by atoms with van der Waals surface area (Å²) >= 11 is 1.36. The molecule has 0 bridgehead atoms. The number of benzene rings is 1. The molecule has 1 aromatic carbocycles. The maximum absolute atomic E-state index is 12.6. The highest BCUT2D eigenvalue weighted by molar-refractivity contribution is 7.12. The summed E-state index contributed by atoms with van der Waals surface area (Å²) in [6.45, 7) is 6.04. The van der Waals surface area contributed by atoms with E-state index in [1.54, 1.807) is 15.9 Å². The number of rotatable bonds is 6. The highest BCUT2D eigenvalue weighted by Gasteiger charge is 2.36. The largest absolute Gasteiger partial charge is 0.454 e.